The maximum absolute atomic E-state index is 12.7. The lowest BCUT2D eigenvalue weighted by molar-refractivity contribution is -0.139. The first kappa shape index (κ1) is 15.0. The van der Waals surface area contributed by atoms with Crippen LogP contribution in [0.4, 0.5) is 0 Å². The van der Waals surface area contributed by atoms with Gasteiger partial charge in [-0.3, -0.25) is 9.59 Å². The van der Waals surface area contributed by atoms with Gasteiger partial charge in [-0.05, 0) is 31.9 Å². The molecule has 0 bridgehead atoms. The van der Waals surface area contributed by atoms with Crippen LogP contribution in [0.25, 0.3) is 0 Å². The Balaban J connectivity index is 1.73. The molecule has 0 N–H and O–H groups in total. The van der Waals surface area contributed by atoms with Crippen LogP contribution >= 0.6 is 0 Å². The second-order valence-electron chi connectivity index (χ2n) is 5.96. The molecule has 0 spiro atoms. The van der Waals surface area contributed by atoms with Crippen LogP contribution in [0.1, 0.15) is 28.8 Å². The Bertz CT molecular complexity index is 550. The largest absolute Gasteiger partial charge is 0.378 e. The number of carbonyl (C=O) groups is 2. The van der Waals surface area contributed by atoms with Crippen molar-refractivity contribution in [2.24, 2.45) is 0 Å². The minimum atomic E-state index is -0.313. The normalized spacial score (nSPS) is 22.0. The molecule has 0 saturated carbocycles. The third kappa shape index (κ3) is 2.99. The molecule has 2 aliphatic heterocycles. The van der Waals surface area contributed by atoms with Crippen LogP contribution < -0.4 is 0 Å². The SMILES string of the molecule is Cc1ccc(C(=O)N2CCC[C@H]2C(=O)N2CCOCC2)cc1. The highest BCUT2D eigenvalue weighted by atomic mass is 16.5. The van der Waals surface area contributed by atoms with Crippen molar-refractivity contribution in [1.82, 2.24) is 9.80 Å². The maximum Gasteiger partial charge on any atom is 0.254 e. The zero-order chi connectivity index (χ0) is 15.5. The van der Waals surface area contributed by atoms with Gasteiger partial charge in [-0.15, -0.1) is 0 Å². The number of ether oxygens (including phenoxy) is 1. The van der Waals surface area contributed by atoms with E-state index in [9.17, 15) is 9.59 Å². The minimum absolute atomic E-state index is 0.0379. The van der Waals surface area contributed by atoms with Crippen molar-refractivity contribution in [2.75, 3.05) is 32.8 Å². The predicted octanol–water partition coefficient (Wildman–Crippen LogP) is 1.46. The van der Waals surface area contributed by atoms with Crippen LogP contribution in [0, 0.1) is 6.92 Å². The van der Waals surface area contributed by atoms with Gasteiger partial charge < -0.3 is 14.5 Å². The molecule has 0 aromatic heterocycles. The van der Waals surface area contributed by atoms with Crippen molar-refractivity contribution >= 4 is 11.8 Å². The first-order chi connectivity index (χ1) is 10.7. The minimum Gasteiger partial charge on any atom is -0.378 e. The van der Waals surface area contributed by atoms with Gasteiger partial charge in [0.1, 0.15) is 6.04 Å². The molecule has 5 heteroatoms. The van der Waals surface area contributed by atoms with Crippen LogP contribution in [0.15, 0.2) is 24.3 Å². The van der Waals surface area contributed by atoms with E-state index in [1.807, 2.05) is 36.1 Å². The first-order valence-electron chi connectivity index (χ1n) is 7.91. The fraction of sp³-hybridized carbons (Fsp3) is 0.529. The van der Waals surface area contributed by atoms with Gasteiger partial charge in [0.2, 0.25) is 5.91 Å². The number of likely N-dealkylation sites (tertiary alicyclic amines) is 1. The summed E-state index contributed by atoms with van der Waals surface area (Å²) in [5, 5.41) is 0. The molecule has 2 amide bonds. The molecule has 3 rings (SSSR count). The molecule has 0 unspecified atom stereocenters. The Hall–Kier alpha value is -1.88. The van der Waals surface area contributed by atoms with Crippen LogP contribution in [0.3, 0.4) is 0 Å². The molecule has 2 heterocycles. The van der Waals surface area contributed by atoms with Gasteiger partial charge in [0.05, 0.1) is 13.2 Å². The molecule has 1 aromatic carbocycles. The lowest BCUT2D eigenvalue weighted by atomic mass is 10.1. The van der Waals surface area contributed by atoms with Crippen LogP contribution in [-0.2, 0) is 9.53 Å². The summed E-state index contributed by atoms with van der Waals surface area (Å²) in [6.45, 7) is 5.08. The molecular formula is C17H22N2O3. The molecule has 0 radical (unpaired) electrons. The third-order valence-electron chi connectivity index (χ3n) is 4.42. The van der Waals surface area contributed by atoms with Crippen LogP contribution in [-0.4, -0.2) is 60.5 Å². The fourth-order valence-electron chi connectivity index (χ4n) is 3.12. The number of benzene rings is 1. The first-order valence-corrected chi connectivity index (χ1v) is 7.91. The molecule has 22 heavy (non-hydrogen) atoms. The number of rotatable bonds is 2. The Morgan fingerprint density at radius 1 is 1.09 bits per heavy atom. The molecule has 1 atom stereocenters. The van der Waals surface area contributed by atoms with E-state index in [1.54, 1.807) is 4.90 Å². The number of hydrogen-bond acceptors (Lipinski definition) is 3. The quantitative estimate of drug-likeness (QED) is 0.831. The lowest BCUT2D eigenvalue weighted by Crippen LogP contribution is -2.51. The van der Waals surface area contributed by atoms with Crippen LogP contribution in [0.2, 0.25) is 0 Å². The molecule has 5 nitrogen and oxygen atoms in total. The summed E-state index contributed by atoms with van der Waals surface area (Å²) in [7, 11) is 0. The second-order valence-corrected chi connectivity index (χ2v) is 5.96. The average Bonchev–Trinajstić information content (AvgIpc) is 3.04. The van der Waals surface area contributed by atoms with E-state index in [4.69, 9.17) is 4.74 Å². The van der Waals surface area contributed by atoms with E-state index in [0.717, 1.165) is 18.4 Å². The molecule has 2 fully saturated rings. The zero-order valence-electron chi connectivity index (χ0n) is 13.0. The highest BCUT2D eigenvalue weighted by Crippen LogP contribution is 2.22. The smallest absolute Gasteiger partial charge is 0.254 e. The zero-order valence-corrected chi connectivity index (χ0v) is 13.0. The van der Waals surface area contributed by atoms with E-state index >= 15 is 0 Å². The molecule has 0 aliphatic carbocycles. The third-order valence-corrected chi connectivity index (χ3v) is 4.42. The van der Waals surface area contributed by atoms with E-state index in [-0.39, 0.29) is 17.9 Å². The van der Waals surface area contributed by atoms with Crippen molar-refractivity contribution in [1.29, 1.82) is 0 Å². The van der Waals surface area contributed by atoms with E-state index in [1.165, 1.54) is 0 Å². The van der Waals surface area contributed by atoms with Gasteiger partial charge in [0.15, 0.2) is 0 Å². The maximum atomic E-state index is 12.7. The van der Waals surface area contributed by atoms with Crippen molar-refractivity contribution in [3.05, 3.63) is 35.4 Å². The molecule has 2 aliphatic rings. The van der Waals surface area contributed by atoms with Crippen molar-refractivity contribution in [3.63, 3.8) is 0 Å². The molecular weight excluding hydrogens is 280 g/mol. The number of hydrogen-bond donors (Lipinski definition) is 0. The molecule has 2 saturated heterocycles. The standard InChI is InChI=1S/C17H22N2O3/c1-13-4-6-14(7-5-13)16(20)19-8-2-3-15(19)17(21)18-9-11-22-12-10-18/h4-7,15H,2-3,8-12H2,1H3/t15-/m0/s1. The summed E-state index contributed by atoms with van der Waals surface area (Å²) in [5.41, 5.74) is 1.78. The predicted molar refractivity (Wildman–Crippen MR) is 82.6 cm³/mol. The Kier molecular flexibility index (Phi) is 4.43. The van der Waals surface area contributed by atoms with Crippen molar-refractivity contribution < 1.29 is 14.3 Å². The summed E-state index contributed by atoms with van der Waals surface area (Å²) in [6.07, 6.45) is 1.64. The lowest BCUT2D eigenvalue weighted by Gasteiger charge is -2.32. The highest BCUT2D eigenvalue weighted by Gasteiger charge is 2.37. The van der Waals surface area contributed by atoms with E-state index in [0.29, 0.717) is 38.4 Å². The van der Waals surface area contributed by atoms with Gasteiger partial charge >= 0.3 is 0 Å². The summed E-state index contributed by atoms with van der Waals surface area (Å²) in [6, 6.07) is 7.23. The molecule has 118 valence electrons. The fourth-order valence-corrected chi connectivity index (χ4v) is 3.12. The molecule has 1 aromatic rings. The average molecular weight is 302 g/mol. The summed E-state index contributed by atoms with van der Waals surface area (Å²) in [5.74, 6) is 0.0328. The van der Waals surface area contributed by atoms with Crippen molar-refractivity contribution in [2.45, 2.75) is 25.8 Å². The summed E-state index contributed by atoms with van der Waals surface area (Å²) >= 11 is 0. The topological polar surface area (TPSA) is 49.9 Å². The number of amides is 2. The van der Waals surface area contributed by atoms with E-state index in [2.05, 4.69) is 0 Å². The number of nitrogens with zero attached hydrogens (tertiary/aromatic N) is 2. The van der Waals surface area contributed by atoms with E-state index < -0.39 is 0 Å². The van der Waals surface area contributed by atoms with Gasteiger partial charge in [-0.25, -0.2) is 0 Å². The van der Waals surface area contributed by atoms with Crippen LogP contribution in [0.5, 0.6) is 0 Å². The van der Waals surface area contributed by atoms with Gasteiger partial charge in [0.25, 0.3) is 5.91 Å². The monoisotopic (exact) mass is 302 g/mol. The Morgan fingerprint density at radius 3 is 2.45 bits per heavy atom. The van der Waals surface area contributed by atoms with Gasteiger partial charge in [-0.1, -0.05) is 17.7 Å². The van der Waals surface area contributed by atoms with Crippen molar-refractivity contribution in [3.8, 4) is 0 Å². The number of morpholine rings is 1. The Morgan fingerprint density at radius 2 is 1.77 bits per heavy atom. The summed E-state index contributed by atoms with van der Waals surface area (Å²) in [4.78, 5) is 28.9. The second kappa shape index (κ2) is 6.48. The van der Waals surface area contributed by atoms with Gasteiger partial charge in [-0.2, -0.15) is 0 Å². The van der Waals surface area contributed by atoms with Gasteiger partial charge in [0, 0.05) is 25.2 Å². The number of carbonyl (C=O) groups excluding carboxylic acids is 2. The summed E-state index contributed by atoms with van der Waals surface area (Å²) < 4.78 is 5.29. The highest BCUT2D eigenvalue weighted by molar-refractivity contribution is 5.98. The number of aryl methyl sites for hydroxylation is 1. The Labute approximate surface area is 130 Å².